The van der Waals surface area contributed by atoms with Gasteiger partial charge in [0.05, 0.1) is 0 Å². The fourth-order valence-electron chi connectivity index (χ4n) is 1.63. The van der Waals surface area contributed by atoms with E-state index in [-0.39, 0.29) is 48.6 Å². The van der Waals surface area contributed by atoms with Crippen LogP contribution in [0.25, 0.3) is 10.6 Å². The molecule has 0 aliphatic rings. The van der Waals surface area contributed by atoms with E-state index in [1.54, 1.807) is 0 Å². The largest absolute Gasteiger partial charge is 1.00 e. The SMILES string of the molecule is CC(C)(C)C[N-]Cc1ccccc1[N-]CC(C)(C)C.[Li+].[Li+]. The summed E-state index contributed by atoms with van der Waals surface area (Å²) >= 11 is 0. The summed E-state index contributed by atoms with van der Waals surface area (Å²) in [5, 5.41) is 9.39. The monoisotopic (exact) mass is 274 g/mol. The fourth-order valence-corrected chi connectivity index (χ4v) is 1.63. The van der Waals surface area contributed by atoms with E-state index in [9.17, 15) is 0 Å². The zero-order valence-electron chi connectivity index (χ0n) is 15.3. The molecule has 0 radical (unpaired) electrons. The number of hydrogen-bond acceptors (Lipinski definition) is 0. The molecule has 4 heteroatoms. The van der Waals surface area contributed by atoms with Gasteiger partial charge in [0.2, 0.25) is 0 Å². The van der Waals surface area contributed by atoms with Crippen molar-refractivity contribution in [2.24, 2.45) is 10.8 Å². The number of nitrogens with zero attached hydrogens (tertiary/aromatic N) is 2. The molecule has 1 aromatic carbocycles. The molecule has 1 rings (SSSR count). The first kappa shape index (κ1) is 23.4. The van der Waals surface area contributed by atoms with Crippen molar-refractivity contribution in [3.63, 3.8) is 0 Å². The molecule has 0 heterocycles. The van der Waals surface area contributed by atoms with Crippen molar-refractivity contribution in [1.29, 1.82) is 0 Å². The minimum atomic E-state index is 0. The second kappa shape index (κ2) is 10.0. The molecule has 108 valence electrons. The molecule has 0 saturated carbocycles. The van der Waals surface area contributed by atoms with Crippen molar-refractivity contribution in [1.82, 2.24) is 0 Å². The van der Waals surface area contributed by atoms with E-state index in [0.717, 1.165) is 25.3 Å². The topological polar surface area (TPSA) is 28.2 Å². The Labute approximate surface area is 155 Å². The van der Waals surface area contributed by atoms with E-state index in [1.807, 2.05) is 0 Å². The van der Waals surface area contributed by atoms with Crippen LogP contribution in [0.2, 0.25) is 0 Å². The van der Waals surface area contributed by atoms with Crippen LogP contribution in [-0.2, 0) is 6.54 Å². The Morgan fingerprint density at radius 1 is 0.810 bits per heavy atom. The van der Waals surface area contributed by atoms with Gasteiger partial charge in [-0.2, -0.15) is 0 Å². The molecular weight excluding hydrogens is 246 g/mol. The summed E-state index contributed by atoms with van der Waals surface area (Å²) in [6.07, 6.45) is 0. The molecule has 21 heavy (non-hydrogen) atoms. The summed E-state index contributed by atoms with van der Waals surface area (Å²) < 4.78 is 0. The summed E-state index contributed by atoms with van der Waals surface area (Å²) in [7, 11) is 0. The van der Waals surface area contributed by atoms with Gasteiger partial charge in [0, 0.05) is 0 Å². The van der Waals surface area contributed by atoms with Gasteiger partial charge in [0.15, 0.2) is 0 Å². The quantitative estimate of drug-likeness (QED) is 0.658. The van der Waals surface area contributed by atoms with Gasteiger partial charge in [-0.25, -0.2) is 0 Å². The molecule has 1 aromatic rings. The predicted octanol–water partition coefficient (Wildman–Crippen LogP) is -0.334. The maximum absolute atomic E-state index is 4.73. The Hall–Kier alpha value is 0.175. The standard InChI is InChI=1S/C17H28N2.2Li/c1-16(2,3)12-18-11-14-9-7-8-10-15(14)19-13-17(4,5)6;;/h7-10H,11-13H2,1-6H3;;/q-2;2*+1. The van der Waals surface area contributed by atoms with Crippen LogP contribution in [0.4, 0.5) is 5.69 Å². The van der Waals surface area contributed by atoms with E-state index < -0.39 is 0 Å². The average molecular weight is 274 g/mol. The Kier molecular flexibility index (Phi) is 11.2. The van der Waals surface area contributed by atoms with Gasteiger partial charge in [0.25, 0.3) is 0 Å². The van der Waals surface area contributed by atoms with Gasteiger partial charge in [-0.3, -0.25) is 0 Å². The van der Waals surface area contributed by atoms with E-state index in [1.165, 1.54) is 5.56 Å². The summed E-state index contributed by atoms with van der Waals surface area (Å²) in [5.74, 6) is 0. The Morgan fingerprint density at radius 2 is 1.33 bits per heavy atom. The van der Waals surface area contributed by atoms with Crippen molar-refractivity contribution < 1.29 is 37.7 Å². The van der Waals surface area contributed by atoms with Gasteiger partial charge in [0.1, 0.15) is 0 Å². The molecule has 0 atom stereocenters. The van der Waals surface area contributed by atoms with Crippen LogP contribution in [-0.4, -0.2) is 13.1 Å². The molecule has 0 aliphatic heterocycles. The van der Waals surface area contributed by atoms with Crippen molar-refractivity contribution in [3.8, 4) is 0 Å². The zero-order chi connectivity index (χ0) is 14.5. The first-order valence-corrected chi connectivity index (χ1v) is 7.06. The Bertz CT molecular complexity index is 393. The Morgan fingerprint density at radius 3 is 1.86 bits per heavy atom. The van der Waals surface area contributed by atoms with Crippen LogP contribution in [0.3, 0.4) is 0 Å². The van der Waals surface area contributed by atoms with E-state index in [2.05, 4.69) is 71.1 Å². The van der Waals surface area contributed by atoms with Crippen molar-refractivity contribution in [2.45, 2.75) is 48.1 Å². The second-order valence-electron chi connectivity index (χ2n) is 7.61. The molecule has 0 aliphatic carbocycles. The predicted molar refractivity (Wildman–Crippen MR) is 85.2 cm³/mol. The van der Waals surface area contributed by atoms with Gasteiger partial charge in [-0.05, 0) is 0 Å². The summed E-state index contributed by atoms with van der Waals surface area (Å²) in [4.78, 5) is 0. The number of para-hydroxylation sites is 1. The van der Waals surface area contributed by atoms with E-state index >= 15 is 0 Å². The van der Waals surface area contributed by atoms with Crippen LogP contribution in [0.15, 0.2) is 24.3 Å². The third-order valence-corrected chi connectivity index (χ3v) is 2.58. The van der Waals surface area contributed by atoms with Crippen LogP contribution in [0.5, 0.6) is 0 Å². The van der Waals surface area contributed by atoms with E-state index in [0.29, 0.717) is 0 Å². The summed E-state index contributed by atoms with van der Waals surface area (Å²) in [5.41, 5.74) is 2.82. The molecule has 0 spiro atoms. The van der Waals surface area contributed by atoms with Crippen molar-refractivity contribution in [2.75, 3.05) is 13.1 Å². The normalized spacial score (nSPS) is 11.3. The maximum atomic E-state index is 4.73. The van der Waals surface area contributed by atoms with Gasteiger partial charge in [-0.15, -0.1) is 25.3 Å². The molecule has 0 aromatic heterocycles. The van der Waals surface area contributed by atoms with Crippen molar-refractivity contribution in [3.05, 3.63) is 40.5 Å². The van der Waals surface area contributed by atoms with Gasteiger partial charge >= 0.3 is 37.7 Å². The number of rotatable bonds is 5. The molecule has 0 bridgehead atoms. The van der Waals surface area contributed by atoms with Gasteiger partial charge < -0.3 is 10.6 Å². The third kappa shape index (κ3) is 11.4. The number of benzene rings is 1. The molecule has 0 amide bonds. The molecule has 2 nitrogen and oxygen atoms in total. The summed E-state index contributed by atoms with van der Waals surface area (Å²) in [6.45, 7) is 15.8. The smallest absolute Gasteiger partial charge is 0.684 e. The van der Waals surface area contributed by atoms with Crippen molar-refractivity contribution >= 4 is 5.69 Å². The van der Waals surface area contributed by atoms with Gasteiger partial charge in [-0.1, -0.05) is 82.2 Å². The second-order valence-corrected chi connectivity index (χ2v) is 7.61. The van der Waals surface area contributed by atoms with Crippen LogP contribution in [0, 0.1) is 10.8 Å². The van der Waals surface area contributed by atoms with Crippen LogP contribution in [0.1, 0.15) is 47.1 Å². The average Bonchev–Trinajstić information content (AvgIpc) is 2.25. The van der Waals surface area contributed by atoms with Crippen LogP contribution < -0.4 is 37.7 Å². The molecule has 0 unspecified atom stereocenters. The summed E-state index contributed by atoms with van der Waals surface area (Å²) in [6, 6.07) is 8.34. The Balaban J connectivity index is 0. The maximum Gasteiger partial charge on any atom is 1.00 e. The minimum absolute atomic E-state index is 0. The first-order chi connectivity index (χ1) is 8.67. The number of hydrogen-bond donors (Lipinski definition) is 0. The molecular formula is C17H28Li2N2. The first-order valence-electron chi connectivity index (χ1n) is 7.06. The third-order valence-electron chi connectivity index (χ3n) is 2.58. The van der Waals surface area contributed by atoms with Crippen LogP contribution >= 0.6 is 0 Å². The molecule has 0 fully saturated rings. The zero-order valence-corrected chi connectivity index (χ0v) is 15.3. The fraction of sp³-hybridized carbons (Fsp3) is 0.647. The van der Waals surface area contributed by atoms with E-state index in [4.69, 9.17) is 5.32 Å². The molecule has 0 saturated heterocycles. The molecule has 0 N–H and O–H groups in total. The minimum Gasteiger partial charge on any atom is -0.684 e.